The van der Waals surface area contributed by atoms with Gasteiger partial charge in [0.1, 0.15) is 54.6 Å². The SMILES string of the molecule is CC(O)CCCCC=CCCCCCCCC(=O)NCCc1c[nH]c2ccc(O[C@H]3OC(CO[C@H]4OC(CO)[C@@H](O)[C@H](O)C4O)[C@@H](O)[C@H](O)C3O)cc12. The summed E-state index contributed by atoms with van der Waals surface area (Å²) in [5.74, 6) is 0.324. The van der Waals surface area contributed by atoms with E-state index in [0.717, 1.165) is 80.7 Å². The van der Waals surface area contributed by atoms with E-state index in [9.17, 15) is 45.6 Å². The second-order valence-corrected chi connectivity index (χ2v) is 14.2. The predicted molar refractivity (Wildman–Crippen MR) is 194 cm³/mol. The lowest BCUT2D eigenvalue weighted by Gasteiger charge is -2.42. The maximum absolute atomic E-state index is 12.4. The molecule has 2 saturated heterocycles. The van der Waals surface area contributed by atoms with Crippen molar-refractivity contribution in [2.75, 3.05) is 19.8 Å². The highest BCUT2D eigenvalue weighted by molar-refractivity contribution is 5.84. The first-order chi connectivity index (χ1) is 25.5. The molecule has 0 spiro atoms. The van der Waals surface area contributed by atoms with E-state index < -0.39 is 74.6 Å². The number of amides is 1. The molecular weight excluding hydrogens is 692 g/mol. The van der Waals surface area contributed by atoms with Gasteiger partial charge in [0.2, 0.25) is 12.2 Å². The van der Waals surface area contributed by atoms with E-state index in [-0.39, 0.29) is 12.0 Å². The first-order valence-electron chi connectivity index (χ1n) is 19.0. The smallest absolute Gasteiger partial charge is 0.229 e. The average Bonchev–Trinajstić information content (AvgIpc) is 3.54. The number of unbranched alkanes of at least 4 members (excludes halogenated alkanes) is 7. The molecule has 0 bridgehead atoms. The van der Waals surface area contributed by atoms with Crippen LogP contribution in [0.25, 0.3) is 10.9 Å². The summed E-state index contributed by atoms with van der Waals surface area (Å²) < 4.78 is 22.5. The summed E-state index contributed by atoms with van der Waals surface area (Å²) >= 11 is 0. The van der Waals surface area contributed by atoms with Gasteiger partial charge in [-0.15, -0.1) is 0 Å². The van der Waals surface area contributed by atoms with Crippen molar-refractivity contribution in [2.45, 2.75) is 151 Å². The van der Waals surface area contributed by atoms with E-state index in [1.54, 1.807) is 18.2 Å². The fourth-order valence-corrected chi connectivity index (χ4v) is 6.56. The molecule has 53 heavy (non-hydrogen) atoms. The molecule has 15 nitrogen and oxygen atoms in total. The van der Waals surface area contributed by atoms with E-state index >= 15 is 0 Å². The molecule has 2 aromatic rings. The van der Waals surface area contributed by atoms with Gasteiger partial charge in [-0.25, -0.2) is 0 Å². The topological polar surface area (TPSA) is 244 Å². The van der Waals surface area contributed by atoms with Gasteiger partial charge >= 0.3 is 0 Å². The second-order valence-electron chi connectivity index (χ2n) is 14.2. The van der Waals surface area contributed by atoms with Crippen LogP contribution in [-0.4, -0.2) is 139 Å². The van der Waals surface area contributed by atoms with Crippen molar-refractivity contribution in [3.05, 3.63) is 42.1 Å². The number of hydrogen-bond acceptors (Lipinski definition) is 13. The van der Waals surface area contributed by atoms with Crippen LogP contribution in [0.15, 0.2) is 36.5 Å². The van der Waals surface area contributed by atoms with Crippen LogP contribution in [-0.2, 0) is 25.4 Å². The summed E-state index contributed by atoms with van der Waals surface area (Å²) in [5, 5.41) is 84.5. The highest BCUT2D eigenvalue weighted by Crippen LogP contribution is 2.29. The number of aromatic amines is 1. The highest BCUT2D eigenvalue weighted by atomic mass is 16.7. The van der Waals surface area contributed by atoms with E-state index in [1.807, 2.05) is 13.1 Å². The summed E-state index contributed by atoms with van der Waals surface area (Å²) in [6, 6.07) is 5.17. The fraction of sp³-hybridized carbons (Fsp3) is 0.711. The minimum Gasteiger partial charge on any atom is -0.462 e. The Morgan fingerprint density at radius 3 is 2.21 bits per heavy atom. The predicted octanol–water partition coefficient (Wildman–Crippen LogP) is 1.06. The molecule has 5 unspecified atom stereocenters. The number of rotatable bonds is 22. The number of aromatic nitrogens is 1. The van der Waals surface area contributed by atoms with Gasteiger partial charge in [-0.1, -0.05) is 37.8 Å². The second kappa shape index (κ2) is 22.0. The normalized spacial score (nSPS) is 29.8. The third-order valence-corrected chi connectivity index (χ3v) is 9.83. The van der Waals surface area contributed by atoms with Gasteiger partial charge in [-0.3, -0.25) is 4.79 Å². The van der Waals surface area contributed by atoms with Gasteiger partial charge < -0.3 is 70.1 Å². The molecule has 2 aliphatic heterocycles. The van der Waals surface area contributed by atoms with Gasteiger partial charge in [0.05, 0.1) is 19.3 Å². The number of allylic oxidation sites excluding steroid dienone is 2. The molecule has 0 saturated carbocycles. The van der Waals surface area contributed by atoms with E-state index in [0.29, 0.717) is 25.1 Å². The molecule has 11 atom stereocenters. The largest absolute Gasteiger partial charge is 0.462 e. The third-order valence-electron chi connectivity index (χ3n) is 9.83. The maximum atomic E-state index is 12.4. The van der Waals surface area contributed by atoms with Crippen LogP contribution >= 0.6 is 0 Å². The average molecular weight is 753 g/mol. The zero-order chi connectivity index (χ0) is 38.3. The molecule has 0 radical (unpaired) electrons. The molecule has 0 aliphatic carbocycles. The summed E-state index contributed by atoms with van der Waals surface area (Å²) in [5.41, 5.74) is 1.76. The van der Waals surface area contributed by atoms with E-state index in [1.165, 1.54) is 0 Å². The van der Waals surface area contributed by atoms with Crippen LogP contribution in [0, 0.1) is 0 Å². The zero-order valence-electron chi connectivity index (χ0n) is 30.5. The van der Waals surface area contributed by atoms with Gasteiger partial charge in [0, 0.05) is 30.1 Å². The minimum atomic E-state index is -1.68. The number of aliphatic hydroxyl groups excluding tert-OH is 8. The molecule has 2 aliphatic rings. The fourth-order valence-electron chi connectivity index (χ4n) is 6.56. The number of H-pyrrole nitrogens is 1. The summed E-state index contributed by atoms with van der Waals surface area (Å²) in [4.78, 5) is 15.6. The van der Waals surface area contributed by atoms with Crippen molar-refractivity contribution >= 4 is 16.8 Å². The zero-order valence-corrected chi connectivity index (χ0v) is 30.5. The molecule has 4 rings (SSSR count). The van der Waals surface area contributed by atoms with Crippen LogP contribution in [0.1, 0.15) is 83.1 Å². The number of hydrogen-bond donors (Lipinski definition) is 10. The Labute approximate surface area is 310 Å². The van der Waals surface area contributed by atoms with Crippen LogP contribution in [0.3, 0.4) is 0 Å². The van der Waals surface area contributed by atoms with Crippen molar-refractivity contribution in [2.24, 2.45) is 0 Å². The first kappa shape index (κ1) is 43.1. The molecule has 3 heterocycles. The Balaban J connectivity index is 1.17. The van der Waals surface area contributed by atoms with Crippen molar-refractivity contribution in [1.29, 1.82) is 0 Å². The van der Waals surface area contributed by atoms with Crippen molar-refractivity contribution in [3.63, 3.8) is 0 Å². The number of ether oxygens (including phenoxy) is 4. The van der Waals surface area contributed by atoms with Gasteiger partial charge in [0.25, 0.3) is 0 Å². The van der Waals surface area contributed by atoms with Crippen LogP contribution in [0.4, 0.5) is 0 Å². The Morgan fingerprint density at radius 1 is 0.849 bits per heavy atom. The number of benzene rings is 1. The van der Waals surface area contributed by atoms with Crippen molar-refractivity contribution in [3.8, 4) is 5.75 Å². The minimum absolute atomic E-state index is 0.0154. The lowest BCUT2D eigenvalue weighted by Crippen LogP contribution is -2.62. The standard InChI is InChI=1S/C38H60N2O13/c1-23(42)13-11-9-7-5-3-2-4-6-8-10-12-14-30(43)39-18-17-24-20-40-27-16-15-25(19-26(24)27)51-38-36(49)34(47)32(45)29(53-38)22-50-37-35(48)33(46)31(44)28(21-41)52-37/h3,5,15-16,19-20,23,28-29,31-38,40-42,44-49H,2,4,6-14,17-18,21-22H2,1H3,(H,39,43)/t23?,28?,29?,31-,32-,33+,34+,35?,36?,37+,38+/m1/s1. The molecular formula is C38H60N2O13. The van der Waals surface area contributed by atoms with Crippen molar-refractivity contribution < 1.29 is 64.6 Å². The third kappa shape index (κ3) is 13.0. The van der Waals surface area contributed by atoms with Gasteiger partial charge in [0.15, 0.2) is 6.29 Å². The number of carbonyl (C=O) groups is 1. The quantitative estimate of drug-likeness (QED) is 0.0599. The Bertz CT molecular complexity index is 1390. The lowest BCUT2D eigenvalue weighted by molar-refractivity contribution is -0.323. The summed E-state index contributed by atoms with van der Waals surface area (Å²) in [7, 11) is 0. The molecule has 2 fully saturated rings. The van der Waals surface area contributed by atoms with Crippen LogP contribution in [0.2, 0.25) is 0 Å². The first-order valence-corrected chi connectivity index (χ1v) is 19.0. The molecule has 15 heteroatoms. The van der Waals surface area contributed by atoms with Crippen LogP contribution in [0.5, 0.6) is 5.75 Å². The van der Waals surface area contributed by atoms with Gasteiger partial charge in [-0.2, -0.15) is 0 Å². The molecule has 10 N–H and O–H groups in total. The number of nitrogens with one attached hydrogen (secondary N) is 2. The Kier molecular flexibility index (Phi) is 17.9. The summed E-state index contributed by atoms with van der Waals surface area (Å²) in [6.07, 6.45) is 2.44. The Hall–Kier alpha value is -2.67. The maximum Gasteiger partial charge on any atom is 0.229 e. The van der Waals surface area contributed by atoms with E-state index in [2.05, 4.69) is 22.5 Å². The molecule has 1 aromatic carbocycles. The highest BCUT2D eigenvalue weighted by Gasteiger charge is 2.48. The summed E-state index contributed by atoms with van der Waals surface area (Å²) in [6.45, 7) is 1.16. The number of carbonyl (C=O) groups excluding carboxylic acids is 1. The monoisotopic (exact) mass is 752 g/mol. The van der Waals surface area contributed by atoms with Crippen molar-refractivity contribution in [1.82, 2.24) is 10.3 Å². The molecule has 1 aromatic heterocycles. The number of fused-ring (bicyclic) bond motifs is 1. The molecule has 300 valence electrons. The molecule has 1 amide bonds. The Morgan fingerprint density at radius 2 is 1.49 bits per heavy atom. The van der Waals surface area contributed by atoms with Gasteiger partial charge in [-0.05, 0) is 75.6 Å². The number of aliphatic hydroxyl groups is 8. The van der Waals surface area contributed by atoms with Crippen LogP contribution < -0.4 is 10.1 Å². The lowest BCUT2D eigenvalue weighted by atomic mass is 9.98. The van der Waals surface area contributed by atoms with E-state index in [4.69, 9.17) is 18.9 Å².